The Kier molecular flexibility index (Phi) is 6.46. The average Bonchev–Trinajstić information content (AvgIpc) is 3.75. The van der Waals surface area contributed by atoms with Crippen molar-refractivity contribution < 1.29 is 0 Å². The van der Waals surface area contributed by atoms with E-state index in [1.807, 2.05) is 0 Å². The maximum atomic E-state index is 2.51. The van der Waals surface area contributed by atoms with Gasteiger partial charge in [-0.15, -0.1) is 0 Å². The monoisotopic (exact) mass is 731 g/mol. The average molecular weight is 732 g/mol. The van der Waals surface area contributed by atoms with E-state index in [4.69, 9.17) is 0 Å². The smallest absolute Gasteiger partial charge is 0.0620 e. The SMILES string of the molecule is CC1(C)c2ccccc2N(c2ccc3c(c2)c2cc(-c4ccccc4)cc4c5cc(N6c7ccccc7C(C)(C)c7ccccc76)ccc5n3c24)c2ccccc21. The molecular formula is C54H41N3. The molecular weight excluding hydrogens is 691 g/mol. The van der Waals surface area contributed by atoms with Crippen molar-refractivity contribution in [2.24, 2.45) is 0 Å². The van der Waals surface area contributed by atoms with Crippen LogP contribution in [-0.4, -0.2) is 4.40 Å². The topological polar surface area (TPSA) is 10.9 Å². The van der Waals surface area contributed by atoms with Gasteiger partial charge in [0.1, 0.15) is 0 Å². The van der Waals surface area contributed by atoms with Crippen molar-refractivity contribution in [2.45, 2.75) is 38.5 Å². The zero-order valence-corrected chi connectivity index (χ0v) is 32.6. The number of anilines is 6. The number of hydrogen-bond donors (Lipinski definition) is 0. The molecule has 0 unspecified atom stereocenters. The highest BCUT2D eigenvalue weighted by Crippen LogP contribution is 2.54. The molecule has 3 heteroatoms. The van der Waals surface area contributed by atoms with Gasteiger partial charge in [0.05, 0.1) is 39.3 Å². The molecule has 272 valence electrons. The van der Waals surface area contributed by atoms with Gasteiger partial charge in [0, 0.05) is 43.7 Å². The number of fused-ring (bicyclic) bond motifs is 10. The van der Waals surface area contributed by atoms with Gasteiger partial charge in [-0.05, 0) is 106 Å². The van der Waals surface area contributed by atoms with E-state index in [0.29, 0.717) is 0 Å². The van der Waals surface area contributed by atoms with E-state index < -0.39 is 0 Å². The van der Waals surface area contributed by atoms with E-state index in [9.17, 15) is 0 Å². The zero-order valence-electron chi connectivity index (χ0n) is 32.6. The summed E-state index contributed by atoms with van der Waals surface area (Å²) in [6.45, 7) is 9.40. The number of aromatic nitrogens is 1. The molecule has 0 bridgehead atoms. The predicted octanol–water partition coefficient (Wildman–Crippen LogP) is 14.7. The summed E-state index contributed by atoms with van der Waals surface area (Å²) in [6, 6.07) is 65.6. The fraction of sp³-hybridized carbons (Fsp3) is 0.111. The Morgan fingerprint density at radius 3 is 1.11 bits per heavy atom. The first-order valence-electron chi connectivity index (χ1n) is 20.1. The summed E-state index contributed by atoms with van der Waals surface area (Å²) in [6.07, 6.45) is 0. The molecule has 0 spiro atoms. The van der Waals surface area contributed by atoms with Crippen LogP contribution in [0.3, 0.4) is 0 Å². The van der Waals surface area contributed by atoms with Gasteiger partial charge in [-0.25, -0.2) is 0 Å². The largest absolute Gasteiger partial charge is 0.310 e. The van der Waals surface area contributed by atoms with Crippen LogP contribution in [0.25, 0.3) is 49.2 Å². The standard InChI is InChI=1S/C54H41N3/c1-53(2)42-18-8-12-22-48(42)55(49-23-13-9-19-43(49)53)36-26-28-46-38(32-36)40-30-35(34-16-6-5-7-17-34)31-41-39-33-37(27-29-47(39)57(46)52(40)41)56-50-24-14-10-20-44(50)54(3,4)45-21-11-15-25-51(45)56/h5-33H,1-4H3. The van der Waals surface area contributed by atoms with E-state index in [0.717, 1.165) is 0 Å². The molecule has 2 aromatic heterocycles. The van der Waals surface area contributed by atoms with Gasteiger partial charge >= 0.3 is 0 Å². The third kappa shape index (κ3) is 4.32. The minimum Gasteiger partial charge on any atom is -0.310 e. The van der Waals surface area contributed by atoms with Crippen molar-refractivity contribution >= 4 is 72.2 Å². The van der Waals surface area contributed by atoms with Crippen molar-refractivity contribution in [1.82, 2.24) is 4.40 Å². The minimum absolute atomic E-state index is 0.110. The molecule has 3 nitrogen and oxygen atoms in total. The lowest BCUT2D eigenvalue weighted by molar-refractivity contribution is 0.632. The summed E-state index contributed by atoms with van der Waals surface area (Å²) in [7, 11) is 0. The normalized spacial score (nSPS) is 15.2. The summed E-state index contributed by atoms with van der Waals surface area (Å²) >= 11 is 0. The molecule has 12 rings (SSSR count). The second-order valence-corrected chi connectivity index (χ2v) is 17.0. The molecule has 0 fully saturated rings. The van der Waals surface area contributed by atoms with Crippen LogP contribution in [0.4, 0.5) is 34.1 Å². The number of rotatable bonds is 3. The quantitative estimate of drug-likeness (QED) is 0.179. The lowest BCUT2D eigenvalue weighted by atomic mass is 9.73. The second kappa shape index (κ2) is 11.4. The summed E-state index contributed by atoms with van der Waals surface area (Å²) in [5, 5.41) is 5.07. The molecule has 0 aliphatic carbocycles. The third-order valence-electron chi connectivity index (χ3n) is 13.3. The van der Waals surface area contributed by atoms with Crippen molar-refractivity contribution in [3.05, 3.63) is 198 Å². The Bertz CT molecular complexity index is 2960. The first kappa shape index (κ1) is 32.4. The van der Waals surface area contributed by atoms with Crippen molar-refractivity contribution in [3.8, 4) is 11.1 Å². The molecule has 2 aliphatic rings. The van der Waals surface area contributed by atoms with Crippen LogP contribution in [-0.2, 0) is 10.8 Å². The molecule has 0 N–H and O–H groups in total. The van der Waals surface area contributed by atoms with Crippen molar-refractivity contribution in [1.29, 1.82) is 0 Å². The van der Waals surface area contributed by atoms with E-state index in [1.165, 1.54) is 106 Å². The Hall–Kier alpha value is -6.84. The lowest BCUT2D eigenvalue weighted by Gasteiger charge is -2.42. The minimum atomic E-state index is -0.110. The van der Waals surface area contributed by atoms with Gasteiger partial charge in [-0.1, -0.05) is 131 Å². The molecule has 0 amide bonds. The molecule has 10 aromatic rings. The fourth-order valence-corrected chi connectivity index (χ4v) is 10.5. The van der Waals surface area contributed by atoms with E-state index in [1.54, 1.807) is 0 Å². The second-order valence-electron chi connectivity index (χ2n) is 17.0. The molecule has 0 saturated carbocycles. The summed E-state index contributed by atoms with van der Waals surface area (Å²) in [5.74, 6) is 0. The fourth-order valence-electron chi connectivity index (χ4n) is 10.5. The molecule has 0 radical (unpaired) electrons. The number of nitrogens with zero attached hydrogens (tertiary/aromatic N) is 3. The highest BCUT2D eigenvalue weighted by Gasteiger charge is 2.38. The summed E-state index contributed by atoms with van der Waals surface area (Å²) in [4.78, 5) is 4.95. The highest BCUT2D eigenvalue weighted by molar-refractivity contribution is 6.25. The van der Waals surface area contributed by atoms with Crippen LogP contribution >= 0.6 is 0 Å². The number of para-hydroxylation sites is 4. The maximum Gasteiger partial charge on any atom is 0.0620 e. The van der Waals surface area contributed by atoms with Gasteiger partial charge in [-0.3, -0.25) is 0 Å². The lowest BCUT2D eigenvalue weighted by Crippen LogP contribution is -2.30. The van der Waals surface area contributed by atoms with Crippen molar-refractivity contribution in [3.63, 3.8) is 0 Å². The Morgan fingerprint density at radius 1 is 0.333 bits per heavy atom. The van der Waals surface area contributed by atoms with Gasteiger partial charge in [0.2, 0.25) is 0 Å². The molecule has 57 heavy (non-hydrogen) atoms. The first-order chi connectivity index (χ1) is 27.8. The summed E-state index contributed by atoms with van der Waals surface area (Å²) < 4.78 is 2.51. The number of hydrogen-bond acceptors (Lipinski definition) is 2. The van der Waals surface area contributed by atoms with Gasteiger partial charge in [0.25, 0.3) is 0 Å². The molecule has 4 heterocycles. The first-order valence-corrected chi connectivity index (χ1v) is 20.1. The van der Waals surface area contributed by atoms with Crippen LogP contribution in [0.2, 0.25) is 0 Å². The van der Waals surface area contributed by atoms with Crippen molar-refractivity contribution in [2.75, 3.05) is 9.80 Å². The van der Waals surface area contributed by atoms with E-state index in [-0.39, 0.29) is 10.8 Å². The molecule has 0 atom stereocenters. The summed E-state index contributed by atoms with van der Waals surface area (Å²) in [5.41, 5.74) is 18.6. The van der Waals surface area contributed by atoms with Gasteiger partial charge < -0.3 is 14.2 Å². The Labute approximate surface area is 333 Å². The van der Waals surface area contributed by atoms with Crippen LogP contribution in [0.15, 0.2) is 176 Å². The molecule has 0 saturated heterocycles. The maximum absolute atomic E-state index is 2.51. The van der Waals surface area contributed by atoms with Gasteiger partial charge in [-0.2, -0.15) is 0 Å². The van der Waals surface area contributed by atoms with Crippen LogP contribution in [0, 0.1) is 0 Å². The highest BCUT2D eigenvalue weighted by atomic mass is 15.2. The predicted molar refractivity (Wildman–Crippen MR) is 240 cm³/mol. The number of benzene rings is 8. The van der Waals surface area contributed by atoms with Crippen LogP contribution in [0.5, 0.6) is 0 Å². The Morgan fingerprint density at radius 2 is 0.702 bits per heavy atom. The molecule has 8 aromatic carbocycles. The van der Waals surface area contributed by atoms with Crippen LogP contribution < -0.4 is 9.80 Å². The molecule has 2 aliphatic heterocycles. The third-order valence-corrected chi connectivity index (χ3v) is 13.3. The van der Waals surface area contributed by atoms with Gasteiger partial charge in [0.15, 0.2) is 0 Å². The Balaban J connectivity index is 1.12. The van der Waals surface area contributed by atoms with Crippen LogP contribution in [0.1, 0.15) is 49.9 Å². The van der Waals surface area contributed by atoms with E-state index in [2.05, 4.69) is 218 Å². The zero-order chi connectivity index (χ0) is 38.2. The van der Waals surface area contributed by atoms with E-state index >= 15 is 0 Å².